The molecular formula is C27H34N4O7. The Morgan fingerprint density at radius 3 is 2.68 bits per heavy atom. The highest BCUT2D eigenvalue weighted by Gasteiger charge is 2.50. The summed E-state index contributed by atoms with van der Waals surface area (Å²) in [6.07, 6.45) is 3.41. The van der Waals surface area contributed by atoms with Crippen molar-refractivity contribution in [3.8, 4) is 11.5 Å². The molecule has 3 fully saturated rings. The number of aliphatic hydroxyl groups is 1. The number of benzene rings is 1. The second kappa shape index (κ2) is 10.6. The number of Topliss-reactive ketones (excluding diaryl/α,β-unsaturated/α-hetero) is 1. The van der Waals surface area contributed by atoms with Crippen LogP contribution in [-0.2, 0) is 14.4 Å². The molecule has 204 valence electrons. The lowest BCUT2D eigenvalue weighted by Crippen LogP contribution is -2.53. The fourth-order valence-corrected chi connectivity index (χ4v) is 6.44. The Balaban J connectivity index is 1.41. The number of carbonyl (C=O) groups excluding carboxylic acids is 4. The topological polar surface area (TPSA) is 150 Å². The van der Waals surface area contributed by atoms with Crippen molar-refractivity contribution in [3.63, 3.8) is 0 Å². The molecule has 11 heteroatoms. The zero-order valence-corrected chi connectivity index (χ0v) is 21.6. The average molecular weight is 527 g/mol. The molecule has 4 N–H and O–H groups in total. The summed E-state index contributed by atoms with van der Waals surface area (Å²) < 4.78 is 10.9. The van der Waals surface area contributed by atoms with Gasteiger partial charge in [0.1, 0.15) is 18.3 Å². The van der Waals surface area contributed by atoms with E-state index in [0.717, 1.165) is 19.3 Å². The third-order valence-electron chi connectivity index (χ3n) is 8.34. The Labute approximate surface area is 220 Å². The largest absolute Gasteiger partial charge is 0.493 e. The van der Waals surface area contributed by atoms with Crippen LogP contribution >= 0.6 is 0 Å². The predicted octanol–water partition coefficient (Wildman–Crippen LogP) is 0.998. The molecule has 0 bridgehead atoms. The molecule has 0 radical (unpaired) electrons. The molecule has 3 aliphatic rings. The van der Waals surface area contributed by atoms with E-state index in [9.17, 15) is 24.3 Å². The summed E-state index contributed by atoms with van der Waals surface area (Å²) in [6.45, 7) is 0.230. The molecule has 2 saturated heterocycles. The summed E-state index contributed by atoms with van der Waals surface area (Å²) in [5, 5.41) is 15.8. The third kappa shape index (κ3) is 4.59. The van der Waals surface area contributed by atoms with Crippen LogP contribution < -0.4 is 20.1 Å². The van der Waals surface area contributed by atoms with E-state index in [4.69, 9.17) is 9.47 Å². The van der Waals surface area contributed by atoms with Gasteiger partial charge in [0.25, 0.3) is 5.91 Å². The molecule has 0 unspecified atom stereocenters. The Hall–Kier alpha value is -3.60. The monoisotopic (exact) mass is 526 g/mol. The SMILES string of the molecule is COc1ccc2[nH]c(C(=O)N3C[C@@H]4CCC[C@@H]4[C@H]3C(=O)N[C@@H](C[C@@H]3CCNC3=O)C(=O)CO)cc2c1OC. The molecule has 2 aliphatic heterocycles. The van der Waals surface area contributed by atoms with Crippen molar-refractivity contribution in [3.05, 3.63) is 23.9 Å². The number of H-pyrrole nitrogens is 1. The van der Waals surface area contributed by atoms with Crippen molar-refractivity contribution in [2.45, 2.75) is 44.2 Å². The van der Waals surface area contributed by atoms with Gasteiger partial charge in [-0.15, -0.1) is 0 Å². The Bertz CT molecular complexity index is 1260. The van der Waals surface area contributed by atoms with Gasteiger partial charge < -0.3 is 35.1 Å². The maximum atomic E-state index is 13.8. The molecule has 1 saturated carbocycles. The van der Waals surface area contributed by atoms with E-state index in [1.807, 2.05) is 0 Å². The molecule has 3 heterocycles. The van der Waals surface area contributed by atoms with Crippen LogP contribution in [0.25, 0.3) is 10.9 Å². The normalized spacial score (nSPS) is 25.2. The van der Waals surface area contributed by atoms with Gasteiger partial charge >= 0.3 is 0 Å². The fraction of sp³-hybridized carbons (Fsp3) is 0.556. The number of aromatic nitrogens is 1. The van der Waals surface area contributed by atoms with Crippen LogP contribution in [0.4, 0.5) is 0 Å². The van der Waals surface area contributed by atoms with Crippen molar-refractivity contribution in [2.24, 2.45) is 17.8 Å². The lowest BCUT2D eigenvalue weighted by molar-refractivity contribution is -0.133. The number of likely N-dealkylation sites (tertiary alicyclic amines) is 1. The Kier molecular flexibility index (Phi) is 7.29. The highest BCUT2D eigenvalue weighted by molar-refractivity contribution is 6.03. The molecule has 1 aromatic heterocycles. The van der Waals surface area contributed by atoms with Gasteiger partial charge in [0.2, 0.25) is 11.8 Å². The molecule has 5 atom stereocenters. The lowest BCUT2D eigenvalue weighted by Gasteiger charge is -2.29. The number of amides is 3. The number of fused-ring (bicyclic) bond motifs is 2. The van der Waals surface area contributed by atoms with Gasteiger partial charge in [0, 0.05) is 24.4 Å². The smallest absolute Gasteiger partial charge is 0.271 e. The molecule has 5 rings (SSSR count). The Morgan fingerprint density at radius 2 is 2.00 bits per heavy atom. The average Bonchev–Trinajstić information content (AvgIpc) is 3.70. The molecule has 11 nitrogen and oxygen atoms in total. The second-order valence-corrected chi connectivity index (χ2v) is 10.4. The van der Waals surface area contributed by atoms with Crippen LogP contribution in [0, 0.1) is 17.8 Å². The van der Waals surface area contributed by atoms with E-state index < -0.39 is 36.3 Å². The highest BCUT2D eigenvalue weighted by atomic mass is 16.5. The van der Waals surface area contributed by atoms with E-state index in [2.05, 4.69) is 15.6 Å². The van der Waals surface area contributed by atoms with Gasteiger partial charge in [-0.2, -0.15) is 0 Å². The number of carbonyl (C=O) groups is 4. The van der Waals surface area contributed by atoms with E-state index in [1.165, 1.54) is 7.11 Å². The second-order valence-electron chi connectivity index (χ2n) is 10.4. The number of rotatable bonds is 9. The summed E-state index contributed by atoms with van der Waals surface area (Å²) >= 11 is 0. The molecule has 38 heavy (non-hydrogen) atoms. The maximum absolute atomic E-state index is 13.8. The summed E-state index contributed by atoms with van der Waals surface area (Å²) in [5.41, 5.74) is 1.03. The fourth-order valence-electron chi connectivity index (χ4n) is 6.44. The first kappa shape index (κ1) is 26.0. The first-order valence-electron chi connectivity index (χ1n) is 13.1. The highest BCUT2D eigenvalue weighted by Crippen LogP contribution is 2.43. The van der Waals surface area contributed by atoms with E-state index in [1.54, 1.807) is 30.2 Å². The quantitative estimate of drug-likeness (QED) is 0.381. The van der Waals surface area contributed by atoms with Crippen LogP contribution in [0.5, 0.6) is 11.5 Å². The number of ether oxygens (including phenoxy) is 2. The Morgan fingerprint density at radius 1 is 1.18 bits per heavy atom. The summed E-state index contributed by atoms with van der Waals surface area (Å²) in [5.74, 6) is -0.613. The van der Waals surface area contributed by atoms with Crippen molar-refractivity contribution in [1.29, 1.82) is 0 Å². The first-order chi connectivity index (χ1) is 18.4. The lowest BCUT2D eigenvalue weighted by atomic mass is 9.92. The van der Waals surface area contributed by atoms with Gasteiger partial charge in [-0.25, -0.2) is 0 Å². The third-order valence-corrected chi connectivity index (χ3v) is 8.34. The first-order valence-corrected chi connectivity index (χ1v) is 13.1. The van der Waals surface area contributed by atoms with Crippen molar-refractivity contribution < 1.29 is 33.8 Å². The minimum atomic E-state index is -0.997. The summed E-state index contributed by atoms with van der Waals surface area (Å²) in [6, 6.07) is 3.53. The van der Waals surface area contributed by atoms with Crippen LogP contribution in [0.15, 0.2) is 18.2 Å². The van der Waals surface area contributed by atoms with Gasteiger partial charge in [0.15, 0.2) is 17.3 Å². The molecule has 0 spiro atoms. The minimum absolute atomic E-state index is 0.0161. The van der Waals surface area contributed by atoms with Gasteiger partial charge in [-0.3, -0.25) is 19.2 Å². The van der Waals surface area contributed by atoms with Gasteiger partial charge in [-0.1, -0.05) is 6.42 Å². The van der Waals surface area contributed by atoms with E-state index >= 15 is 0 Å². The molecular weight excluding hydrogens is 492 g/mol. The summed E-state index contributed by atoms with van der Waals surface area (Å²) in [7, 11) is 3.08. The number of methoxy groups -OCH3 is 2. The summed E-state index contributed by atoms with van der Waals surface area (Å²) in [4.78, 5) is 56.9. The van der Waals surface area contributed by atoms with Crippen molar-refractivity contribution in [1.82, 2.24) is 20.5 Å². The number of ketones is 1. The minimum Gasteiger partial charge on any atom is -0.493 e. The zero-order valence-electron chi connectivity index (χ0n) is 21.6. The number of nitrogens with zero attached hydrogens (tertiary/aromatic N) is 1. The zero-order chi connectivity index (χ0) is 27.0. The van der Waals surface area contributed by atoms with Crippen LogP contribution in [0.3, 0.4) is 0 Å². The number of aliphatic hydroxyl groups excluding tert-OH is 1. The maximum Gasteiger partial charge on any atom is 0.271 e. The molecule has 1 aliphatic carbocycles. The van der Waals surface area contributed by atoms with Crippen LogP contribution in [-0.4, -0.2) is 84.5 Å². The number of aromatic amines is 1. The molecule has 3 amide bonds. The van der Waals surface area contributed by atoms with E-state index in [0.29, 0.717) is 47.6 Å². The number of hydrogen-bond acceptors (Lipinski definition) is 7. The molecule has 2 aromatic rings. The molecule has 1 aromatic carbocycles. The van der Waals surface area contributed by atoms with Gasteiger partial charge in [-0.05, 0) is 55.7 Å². The van der Waals surface area contributed by atoms with Gasteiger partial charge in [0.05, 0.1) is 25.8 Å². The van der Waals surface area contributed by atoms with Crippen molar-refractivity contribution in [2.75, 3.05) is 33.9 Å². The van der Waals surface area contributed by atoms with E-state index in [-0.39, 0.29) is 30.1 Å². The standard InChI is InChI=1S/C27H34N4O7/c1-37-22-7-6-18-17(24(22)38-2)11-20(29-18)27(36)31-12-15-4-3-5-16(15)23(31)26(35)30-19(21(33)13-32)10-14-8-9-28-25(14)34/h6-7,11,14-16,19,23,29,32H,3-5,8-10,12-13H2,1-2H3,(H,28,34)(H,30,35)/t14-,15-,16-,19-,23-/m0/s1. The van der Waals surface area contributed by atoms with Crippen LogP contribution in [0.2, 0.25) is 0 Å². The van der Waals surface area contributed by atoms with Crippen molar-refractivity contribution >= 4 is 34.4 Å². The number of hydrogen-bond donors (Lipinski definition) is 4. The predicted molar refractivity (Wildman–Crippen MR) is 137 cm³/mol. The van der Waals surface area contributed by atoms with Crippen LogP contribution in [0.1, 0.15) is 42.6 Å². The number of nitrogens with one attached hydrogen (secondary N) is 3.